The molecule has 0 amide bonds. The molecule has 0 unspecified atom stereocenters. The summed E-state index contributed by atoms with van der Waals surface area (Å²) in [5.41, 5.74) is 8.55. The molecule has 0 spiro atoms. The van der Waals surface area contributed by atoms with E-state index in [4.69, 9.17) is 10.5 Å². The van der Waals surface area contributed by atoms with Crippen LogP contribution in [0.15, 0.2) is 18.2 Å². The lowest BCUT2D eigenvalue weighted by Gasteiger charge is -2.40. The number of ether oxygens (including phenoxy) is 1. The van der Waals surface area contributed by atoms with Crippen molar-refractivity contribution >= 4 is 11.4 Å². The smallest absolute Gasteiger partial charge is 0.121 e. The highest BCUT2D eigenvalue weighted by atomic mass is 16.5. The minimum atomic E-state index is 0.503. The molecule has 106 valence electrons. The standard InChI is InChI=1S/C16H26N2O/c1-16(2)9-7-12(8-10-16)18(3)15-6-5-13(19-4)11-14(15)17/h5-6,11-12H,7-10,17H2,1-4H3. The van der Waals surface area contributed by atoms with Crippen LogP contribution in [0, 0.1) is 5.41 Å². The zero-order valence-electron chi connectivity index (χ0n) is 12.6. The van der Waals surface area contributed by atoms with Gasteiger partial charge in [0.25, 0.3) is 0 Å². The van der Waals surface area contributed by atoms with Gasteiger partial charge in [0.2, 0.25) is 0 Å². The third kappa shape index (κ3) is 3.14. The van der Waals surface area contributed by atoms with E-state index in [1.165, 1.54) is 25.7 Å². The molecule has 1 aliphatic carbocycles. The van der Waals surface area contributed by atoms with Gasteiger partial charge in [-0.05, 0) is 43.2 Å². The van der Waals surface area contributed by atoms with Crippen LogP contribution in [0.4, 0.5) is 11.4 Å². The molecule has 3 nitrogen and oxygen atoms in total. The Kier molecular flexibility index (Phi) is 3.93. The Hall–Kier alpha value is -1.38. The van der Waals surface area contributed by atoms with Crippen molar-refractivity contribution in [1.29, 1.82) is 0 Å². The topological polar surface area (TPSA) is 38.5 Å². The lowest BCUT2D eigenvalue weighted by atomic mass is 9.75. The molecule has 1 aromatic rings. The van der Waals surface area contributed by atoms with Crippen LogP contribution in [0.25, 0.3) is 0 Å². The lowest BCUT2D eigenvalue weighted by molar-refractivity contribution is 0.222. The number of anilines is 2. The van der Waals surface area contributed by atoms with Crippen LogP contribution in [-0.4, -0.2) is 20.2 Å². The van der Waals surface area contributed by atoms with Crippen molar-refractivity contribution in [1.82, 2.24) is 0 Å². The number of nitrogens with zero attached hydrogens (tertiary/aromatic N) is 1. The SMILES string of the molecule is COc1ccc(N(C)C2CCC(C)(C)CC2)c(N)c1. The molecule has 19 heavy (non-hydrogen) atoms. The average molecular weight is 262 g/mol. The second-order valence-electron chi connectivity index (χ2n) is 6.43. The van der Waals surface area contributed by atoms with E-state index in [0.717, 1.165) is 17.1 Å². The van der Waals surface area contributed by atoms with Crippen molar-refractivity contribution in [2.45, 2.75) is 45.6 Å². The lowest BCUT2D eigenvalue weighted by Crippen LogP contribution is -2.37. The van der Waals surface area contributed by atoms with Gasteiger partial charge in [0.05, 0.1) is 18.5 Å². The van der Waals surface area contributed by atoms with Crippen molar-refractivity contribution in [3.63, 3.8) is 0 Å². The Morgan fingerprint density at radius 3 is 2.42 bits per heavy atom. The molecule has 2 N–H and O–H groups in total. The van der Waals surface area contributed by atoms with Crippen LogP contribution >= 0.6 is 0 Å². The van der Waals surface area contributed by atoms with Crippen LogP contribution < -0.4 is 15.4 Å². The zero-order chi connectivity index (χ0) is 14.0. The third-order valence-corrected chi connectivity index (χ3v) is 4.47. The fourth-order valence-electron chi connectivity index (χ4n) is 2.95. The quantitative estimate of drug-likeness (QED) is 0.844. The summed E-state index contributed by atoms with van der Waals surface area (Å²) >= 11 is 0. The molecule has 0 saturated heterocycles. The first-order chi connectivity index (χ1) is 8.93. The monoisotopic (exact) mass is 262 g/mol. The summed E-state index contributed by atoms with van der Waals surface area (Å²) < 4.78 is 5.20. The summed E-state index contributed by atoms with van der Waals surface area (Å²) in [5.74, 6) is 0.819. The van der Waals surface area contributed by atoms with Gasteiger partial charge in [0.15, 0.2) is 0 Å². The van der Waals surface area contributed by atoms with E-state index in [2.05, 4.69) is 31.9 Å². The molecule has 0 radical (unpaired) electrons. The zero-order valence-corrected chi connectivity index (χ0v) is 12.6. The Morgan fingerprint density at radius 2 is 1.89 bits per heavy atom. The first-order valence-corrected chi connectivity index (χ1v) is 7.09. The molecule has 0 bridgehead atoms. The van der Waals surface area contributed by atoms with Crippen molar-refractivity contribution in [2.75, 3.05) is 24.8 Å². The average Bonchev–Trinajstić information content (AvgIpc) is 2.37. The predicted molar refractivity (Wildman–Crippen MR) is 81.8 cm³/mol. The normalized spacial score (nSPS) is 19.2. The summed E-state index contributed by atoms with van der Waals surface area (Å²) in [6.07, 6.45) is 5.07. The van der Waals surface area contributed by atoms with Gasteiger partial charge in [-0.25, -0.2) is 0 Å². The Balaban J connectivity index is 2.10. The number of rotatable bonds is 3. The van der Waals surface area contributed by atoms with Gasteiger partial charge < -0.3 is 15.4 Å². The summed E-state index contributed by atoms with van der Waals surface area (Å²) in [4.78, 5) is 2.34. The largest absolute Gasteiger partial charge is 0.497 e. The van der Waals surface area contributed by atoms with Gasteiger partial charge >= 0.3 is 0 Å². The highest BCUT2D eigenvalue weighted by Gasteiger charge is 2.29. The first kappa shape index (κ1) is 14.0. The van der Waals surface area contributed by atoms with E-state index in [1.807, 2.05) is 12.1 Å². The van der Waals surface area contributed by atoms with Crippen LogP contribution in [0.1, 0.15) is 39.5 Å². The summed E-state index contributed by atoms with van der Waals surface area (Å²) in [6, 6.07) is 6.55. The van der Waals surface area contributed by atoms with Crippen molar-refractivity contribution in [3.05, 3.63) is 18.2 Å². The van der Waals surface area contributed by atoms with Crippen molar-refractivity contribution in [3.8, 4) is 5.75 Å². The minimum absolute atomic E-state index is 0.503. The summed E-state index contributed by atoms with van der Waals surface area (Å²) in [5, 5.41) is 0. The second kappa shape index (κ2) is 5.32. The second-order valence-corrected chi connectivity index (χ2v) is 6.43. The number of benzene rings is 1. The molecule has 0 aromatic heterocycles. The predicted octanol–water partition coefficient (Wildman–Crippen LogP) is 3.68. The Morgan fingerprint density at radius 1 is 1.26 bits per heavy atom. The van der Waals surface area contributed by atoms with E-state index in [9.17, 15) is 0 Å². The third-order valence-electron chi connectivity index (χ3n) is 4.47. The van der Waals surface area contributed by atoms with Crippen molar-refractivity contribution < 1.29 is 4.74 Å². The first-order valence-electron chi connectivity index (χ1n) is 7.09. The minimum Gasteiger partial charge on any atom is -0.497 e. The molecule has 1 fully saturated rings. The van der Waals surface area contributed by atoms with Gasteiger partial charge in [-0.15, -0.1) is 0 Å². The van der Waals surface area contributed by atoms with E-state index >= 15 is 0 Å². The maximum atomic E-state index is 6.14. The number of nitrogens with two attached hydrogens (primary N) is 1. The van der Waals surface area contributed by atoms with E-state index in [1.54, 1.807) is 7.11 Å². The maximum Gasteiger partial charge on any atom is 0.121 e. The highest BCUT2D eigenvalue weighted by molar-refractivity contribution is 5.69. The van der Waals surface area contributed by atoms with Crippen LogP contribution in [0.2, 0.25) is 0 Å². The molecule has 1 aromatic carbocycles. The Labute approximate surface area is 116 Å². The molecule has 0 heterocycles. The van der Waals surface area contributed by atoms with Gasteiger partial charge in [-0.1, -0.05) is 13.8 Å². The van der Waals surface area contributed by atoms with E-state index in [-0.39, 0.29) is 0 Å². The fourth-order valence-corrected chi connectivity index (χ4v) is 2.95. The molecule has 0 aliphatic heterocycles. The Bertz CT molecular complexity index is 432. The van der Waals surface area contributed by atoms with Crippen LogP contribution in [0.3, 0.4) is 0 Å². The molecular formula is C16H26N2O. The molecule has 2 rings (SSSR count). The number of hydrogen-bond donors (Lipinski definition) is 1. The summed E-state index contributed by atoms with van der Waals surface area (Å²) in [6.45, 7) is 4.73. The molecule has 1 saturated carbocycles. The highest BCUT2D eigenvalue weighted by Crippen LogP contribution is 2.39. The maximum absolute atomic E-state index is 6.14. The fraction of sp³-hybridized carbons (Fsp3) is 0.625. The van der Waals surface area contributed by atoms with Gasteiger partial charge in [-0.2, -0.15) is 0 Å². The van der Waals surface area contributed by atoms with Gasteiger partial charge in [-0.3, -0.25) is 0 Å². The molecular weight excluding hydrogens is 236 g/mol. The van der Waals surface area contributed by atoms with Gasteiger partial charge in [0, 0.05) is 19.2 Å². The molecule has 1 aliphatic rings. The van der Waals surface area contributed by atoms with Crippen LogP contribution in [0.5, 0.6) is 5.75 Å². The van der Waals surface area contributed by atoms with Gasteiger partial charge in [0.1, 0.15) is 5.75 Å². The number of nitrogen functional groups attached to an aromatic ring is 1. The number of hydrogen-bond acceptors (Lipinski definition) is 3. The van der Waals surface area contributed by atoms with Crippen molar-refractivity contribution in [2.24, 2.45) is 5.41 Å². The van der Waals surface area contributed by atoms with Crippen LogP contribution in [-0.2, 0) is 0 Å². The molecule has 0 atom stereocenters. The number of methoxy groups -OCH3 is 1. The van der Waals surface area contributed by atoms with E-state index in [0.29, 0.717) is 11.5 Å². The molecule has 3 heteroatoms. The summed E-state index contributed by atoms with van der Waals surface area (Å²) in [7, 11) is 3.82. The van der Waals surface area contributed by atoms with E-state index < -0.39 is 0 Å².